The largest absolute Gasteiger partial charge is 0.341 e. The monoisotopic (exact) mass is 238 g/mol. The summed E-state index contributed by atoms with van der Waals surface area (Å²) in [5.74, 6) is 1.10. The van der Waals surface area contributed by atoms with Gasteiger partial charge in [-0.15, -0.1) is 11.8 Å². The Morgan fingerprint density at radius 2 is 2.00 bits per heavy atom. The van der Waals surface area contributed by atoms with Crippen molar-refractivity contribution in [3.05, 3.63) is 30.3 Å². The number of hydrogen-bond donors (Lipinski definition) is 2. The topological polar surface area (TPSA) is 41.1 Å². The minimum atomic E-state index is -0.101. The quantitative estimate of drug-likeness (QED) is 0.590. The van der Waals surface area contributed by atoms with E-state index in [-0.39, 0.29) is 6.03 Å². The van der Waals surface area contributed by atoms with Crippen LogP contribution < -0.4 is 10.6 Å². The molecule has 2 N–H and O–H groups in total. The minimum Gasteiger partial charge on any atom is -0.341 e. The number of benzene rings is 1. The maximum atomic E-state index is 10.8. The maximum Gasteiger partial charge on any atom is 0.314 e. The van der Waals surface area contributed by atoms with Gasteiger partial charge >= 0.3 is 6.03 Å². The number of unbranched alkanes of at least 4 members (excludes halogenated alkanes) is 1. The van der Waals surface area contributed by atoms with Gasteiger partial charge in [0, 0.05) is 18.5 Å². The molecule has 0 fully saturated rings. The summed E-state index contributed by atoms with van der Waals surface area (Å²) in [6, 6.07) is 10.3. The molecule has 3 nitrogen and oxygen atoms in total. The molecular weight excluding hydrogens is 220 g/mol. The molecule has 1 aromatic rings. The molecule has 2 amide bonds. The Balaban J connectivity index is 1.98. The predicted octanol–water partition coefficient (Wildman–Crippen LogP) is 2.49. The number of carbonyl (C=O) groups is 1. The van der Waals surface area contributed by atoms with Crippen LogP contribution in [0, 0.1) is 0 Å². The molecule has 0 atom stereocenters. The van der Waals surface area contributed by atoms with E-state index in [1.54, 1.807) is 7.05 Å². The van der Waals surface area contributed by atoms with E-state index in [4.69, 9.17) is 0 Å². The molecule has 0 heterocycles. The van der Waals surface area contributed by atoms with Crippen LogP contribution in [-0.4, -0.2) is 25.4 Å². The second kappa shape index (κ2) is 8.05. The van der Waals surface area contributed by atoms with E-state index in [1.807, 2.05) is 17.8 Å². The molecule has 88 valence electrons. The molecule has 0 radical (unpaired) electrons. The Hall–Kier alpha value is -1.16. The highest BCUT2D eigenvalue weighted by Crippen LogP contribution is 2.17. The molecule has 0 bridgehead atoms. The van der Waals surface area contributed by atoms with E-state index >= 15 is 0 Å². The summed E-state index contributed by atoms with van der Waals surface area (Å²) in [6.45, 7) is 0.745. The summed E-state index contributed by atoms with van der Waals surface area (Å²) in [6.07, 6.45) is 2.14. The molecule has 1 aromatic carbocycles. The van der Waals surface area contributed by atoms with E-state index in [9.17, 15) is 4.79 Å². The molecule has 0 aliphatic carbocycles. The maximum absolute atomic E-state index is 10.8. The third-order valence-corrected chi connectivity index (χ3v) is 3.19. The number of urea groups is 1. The van der Waals surface area contributed by atoms with Crippen molar-refractivity contribution in [2.24, 2.45) is 0 Å². The number of thioether (sulfide) groups is 1. The van der Waals surface area contributed by atoms with Crippen LogP contribution >= 0.6 is 11.8 Å². The standard InChI is InChI=1S/C12H18N2OS/c1-13-12(15)14-9-5-6-10-16-11-7-3-2-4-8-11/h2-4,7-8H,5-6,9-10H2,1H3,(H2,13,14,15). The lowest BCUT2D eigenvalue weighted by Gasteiger charge is -2.04. The second-order valence-electron chi connectivity index (χ2n) is 3.37. The van der Waals surface area contributed by atoms with Crippen LogP contribution in [0.1, 0.15) is 12.8 Å². The average molecular weight is 238 g/mol. The van der Waals surface area contributed by atoms with Crippen molar-refractivity contribution in [3.63, 3.8) is 0 Å². The Morgan fingerprint density at radius 1 is 1.25 bits per heavy atom. The number of hydrogen-bond acceptors (Lipinski definition) is 2. The van der Waals surface area contributed by atoms with Gasteiger partial charge in [0.1, 0.15) is 0 Å². The van der Waals surface area contributed by atoms with E-state index < -0.39 is 0 Å². The van der Waals surface area contributed by atoms with Gasteiger partial charge in [0.05, 0.1) is 0 Å². The van der Waals surface area contributed by atoms with Gasteiger partial charge in [0.25, 0.3) is 0 Å². The van der Waals surface area contributed by atoms with Crippen LogP contribution in [0.4, 0.5) is 4.79 Å². The van der Waals surface area contributed by atoms with Crippen LogP contribution in [0.25, 0.3) is 0 Å². The summed E-state index contributed by atoms with van der Waals surface area (Å²) in [7, 11) is 1.63. The Morgan fingerprint density at radius 3 is 2.69 bits per heavy atom. The second-order valence-corrected chi connectivity index (χ2v) is 4.54. The molecule has 0 aliphatic rings. The van der Waals surface area contributed by atoms with Crippen molar-refractivity contribution >= 4 is 17.8 Å². The molecule has 0 aromatic heterocycles. The van der Waals surface area contributed by atoms with E-state index in [0.717, 1.165) is 25.1 Å². The van der Waals surface area contributed by atoms with Crippen molar-refractivity contribution in [1.29, 1.82) is 0 Å². The molecule has 0 saturated heterocycles. The van der Waals surface area contributed by atoms with Crippen LogP contribution in [0.15, 0.2) is 35.2 Å². The molecule has 0 spiro atoms. The van der Waals surface area contributed by atoms with Crippen molar-refractivity contribution in [1.82, 2.24) is 10.6 Å². The van der Waals surface area contributed by atoms with Crippen LogP contribution in [0.2, 0.25) is 0 Å². The van der Waals surface area contributed by atoms with E-state index in [2.05, 4.69) is 34.9 Å². The molecule has 0 aliphatic heterocycles. The SMILES string of the molecule is CNC(=O)NCCCCSc1ccccc1. The zero-order chi connectivity index (χ0) is 11.6. The Labute approximate surface area is 101 Å². The van der Waals surface area contributed by atoms with Crippen molar-refractivity contribution in [2.45, 2.75) is 17.7 Å². The Bertz CT molecular complexity index is 303. The fraction of sp³-hybridized carbons (Fsp3) is 0.417. The van der Waals surface area contributed by atoms with Gasteiger partial charge in [0.2, 0.25) is 0 Å². The number of amides is 2. The van der Waals surface area contributed by atoms with Crippen LogP contribution in [-0.2, 0) is 0 Å². The third kappa shape index (κ3) is 5.66. The fourth-order valence-electron chi connectivity index (χ4n) is 1.22. The fourth-order valence-corrected chi connectivity index (χ4v) is 2.16. The molecule has 0 unspecified atom stereocenters. The highest BCUT2D eigenvalue weighted by atomic mass is 32.2. The average Bonchev–Trinajstić information content (AvgIpc) is 2.34. The lowest BCUT2D eigenvalue weighted by molar-refractivity contribution is 0.243. The third-order valence-electron chi connectivity index (χ3n) is 2.10. The van der Waals surface area contributed by atoms with Crippen molar-refractivity contribution < 1.29 is 4.79 Å². The molecule has 0 saturated carbocycles. The predicted molar refractivity (Wildman–Crippen MR) is 68.9 cm³/mol. The first kappa shape index (κ1) is 12.9. The van der Waals surface area contributed by atoms with Crippen molar-refractivity contribution in [2.75, 3.05) is 19.3 Å². The molecule has 4 heteroatoms. The highest BCUT2D eigenvalue weighted by molar-refractivity contribution is 7.99. The lowest BCUT2D eigenvalue weighted by Crippen LogP contribution is -2.33. The zero-order valence-electron chi connectivity index (χ0n) is 9.53. The summed E-state index contributed by atoms with van der Waals surface area (Å²) >= 11 is 1.86. The van der Waals surface area contributed by atoms with Crippen LogP contribution in [0.5, 0.6) is 0 Å². The van der Waals surface area contributed by atoms with Crippen LogP contribution in [0.3, 0.4) is 0 Å². The lowest BCUT2D eigenvalue weighted by atomic mass is 10.3. The van der Waals surface area contributed by atoms with Gasteiger partial charge in [0.15, 0.2) is 0 Å². The summed E-state index contributed by atoms with van der Waals surface area (Å²) in [4.78, 5) is 12.1. The first-order chi connectivity index (χ1) is 7.83. The smallest absolute Gasteiger partial charge is 0.314 e. The van der Waals surface area contributed by atoms with E-state index in [1.165, 1.54) is 4.90 Å². The molecule has 1 rings (SSSR count). The van der Waals surface area contributed by atoms with E-state index in [0.29, 0.717) is 0 Å². The zero-order valence-corrected chi connectivity index (χ0v) is 10.3. The Kier molecular flexibility index (Phi) is 6.49. The first-order valence-corrected chi connectivity index (χ1v) is 6.45. The number of rotatable bonds is 6. The van der Waals surface area contributed by atoms with Gasteiger partial charge in [-0.05, 0) is 30.7 Å². The number of nitrogens with one attached hydrogen (secondary N) is 2. The van der Waals surface area contributed by atoms with Gasteiger partial charge in [-0.25, -0.2) is 4.79 Å². The van der Waals surface area contributed by atoms with Gasteiger partial charge in [-0.3, -0.25) is 0 Å². The normalized spacial score (nSPS) is 9.81. The number of carbonyl (C=O) groups excluding carboxylic acids is 1. The minimum absolute atomic E-state index is 0.101. The summed E-state index contributed by atoms with van der Waals surface area (Å²) in [5.41, 5.74) is 0. The summed E-state index contributed by atoms with van der Waals surface area (Å²) in [5, 5.41) is 5.30. The van der Waals surface area contributed by atoms with Gasteiger partial charge < -0.3 is 10.6 Å². The molecular formula is C12H18N2OS. The highest BCUT2D eigenvalue weighted by Gasteiger charge is 1.95. The summed E-state index contributed by atoms with van der Waals surface area (Å²) < 4.78 is 0. The molecule has 16 heavy (non-hydrogen) atoms. The first-order valence-electron chi connectivity index (χ1n) is 5.46. The van der Waals surface area contributed by atoms with Gasteiger partial charge in [-0.2, -0.15) is 0 Å². The van der Waals surface area contributed by atoms with Crippen molar-refractivity contribution in [3.8, 4) is 0 Å². The van der Waals surface area contributed by atoms with Gasteiger partial charge in [-0.1, -0.05) is 18.2 Å².